The Bertz CT molecular complexity index is 771. The summed E-state index contributed by atoms with van der Waals surface area (Å²) in [5, 5.41) is 0.724. The van der Waals surface area contributed by atoms with Crippen LogP contribution >= 0.6 is 11.6 Å². The number of nitrogens with zero attached hydrogens (tertiary/aromatic N) is 2. The fourth-order valence-electron chi connectivity index (χ4n) is 4.12. The lowest BCUT2D eigenvalue weighted by Crippen LogP contribution is -2.46. The predicted molar refractivity (Wildman–Crippen MR) is 102 cm³/mol. The number of carbonyl (C=O) groups excluding carboxylic acids is 1. The SMILES string of the molecule is CC(C(=O)N1CC(c2ccccc2)c2cc(Cl)ccc21)N1CCCC1. The first kappa shape index (κ1) is 16.6. The minimum Gasteiger partial charge on any atom is -0.310 e. The number of rotatable bonds is 3. The third-order valence-corrected chi connectivity index (χ3v) is 5.77. The van der Waals surface area contributed by atoms with Crippen LogP contribution in [0, 0.1) is 0 Å². The van der Waals surface area contributed by atoms with Gasteiger partial charge in [0, 0.05) is 23.2 Å². The van der Waals surface area contributed by atoms with E-state index in [9.17, 15) is 4.79 Å². The van der Waals surface area contributed by atoms with Crippen LogP contribution < -0.4 is 4.90 Å². The van der Waals surface area contributed by atoms with Crippen LogP contribution in [0.2, 0.25) is 5.02 Å². The zero-order valence-electron chi connectivity index (χ0n) is 14.5. The molecule has 2 aliphatic heterocycles. The van der Waals surface area contributed by atoms with E-state index in [0.29, 0.717) is 6.54 Å². The lowest BCUT2D eigenvalue weighted by molar-refractivity contribution is -0.122. The summed E-state index contributed by atoms with van der Waals surface area (Å²) < 4.78 is 0. The van der Waals surface area contributed by atoms with Gasteiger partial charge in [0.05, 0.1) is 6.04 Å². The largest absolute Gasteiger partial charge is 0.310 e. The second-order valence-electron chi connectivity index (χ2n) is 7.03. The van der Waals surface area contributed by atoms with E-state index >= 15 is 0 Å². The smallest absolute Gasteiger partial charge is 0.244 e. The van der Waals surface area contributed by atoms with Crippen molar-refractivity contribution in [2.75, 3.05) is 24.5 Å². The third kappa shape index (κ3) is 3.07. The van der Waals surface area contributed by atoms with Gasteiger partial charge in [-0.25, -0.2) is 0 Å². The number of likely N-dealkylation sites (tertiary alicyclic amines) is 1. The Morgan fingerprint density at radius 2 is 1.84 bits per heavy atom. The third-order valence-electron chi connectivity index (χ3n) is 5.53. The molecule has 2 aromatic carbocycles. The highest BCUT2D eigenvalue weighted by Gasteiger charge is 2.37. The van der Waals surface area contributed by atoms with Crippen molar-refractivity contribution in [3.05, 3.63) is 64.7 Å². The van der Waals surface area contributed by atoms with Gasteiger partial charge >= 0.3 is 0 Å². The zero-order valence-corrected chi connectivity index (χ0v) is 15.2. The van der Waals surface area contributed by atoms with Gasteiger partial charge in [-0.15, -0.1) is 0 Å². The van der Waals surface area contributed by atoms with Crippen LogP contribution in [0.1, 0.15) is 36.8 Å². The molecule has 0 saturated carbocycles. The minimum absolute atomic E-state index is 0.0689. The monoisotopic (exact) mass is 354 g/mol. The number of amides is 1. The van der Waals surface area contributed by atoms with Gasteiger partial charge in [0.1, 0.15) is 0 Å². The average Bonchev–Trinajstić information content (AvgIpc) is 3.29. The van der Waals surface area contributed by atoms with Crippen molar-refractivity contribution in [2.45, 2.75) is 31.7 Å². The van der Waals surface area contributed by atoms with Gasteiger partial charge in [-0.1, -0.05) is 41.9 Å². The first-order valence-electron chi connectivity index (χ1n) is 9.05. The van der Waals surface area contributed by atoms with Gasteiger partial charge in [-0.2, -0.15) is 0 Å². The van der Waals surface area contributed by atoms with Gasteiger partial charge in [0.25, 0.3) is 0 Å². The molecule has 2 atom stereocenters. The Balaban J connectivity index is 1.67. The molecule has 2 aliphatic rings. The molecular weight excluding hydrogens is 332 g/mol. The predicted octanol–water partition coefficient (Wildman–Crippen LogP) is 4.30. The summed E-state index contributed by atoms with van der Waals surface area (Å²) in [6, 6.07) is 16.2. The molecule has 0 radical (unpaired) electrons. The highest BCUT2D eigenvalue weighted by atomic mass is 35.5. The van der Waals surface area contributed by atoms with Crippen LogP contribution in [0.4, 0.5) is 5.69 Å². The highest BCUT2D eigenvalue weighted by Crippen LogP contribution is 2.41. The van der Waals surface area contributed by atoms with Gasteiger partial charge in [0.15, 0.2) is 0 Å². The van der Waals surface area contributed by atoms with Crippen LogP contribution in [-0.4, -0.2) is 36.5 Å². The van der Waals surface area contributed by atoms with Crippen molar-refractivity contribution in [1.29, 1.82) is 0 Å². The van der Waals surface area contributed by atoms with E-state index in [1.165, 1.54) is 18.4 Å². The molecule has 0 aliphatic carbocycles. The van der Waals surface area contributed by atoms with Crippen molar-refractivity contribution < 1.29 is 4.79 Å². The highest BCUT2D eigenvalue weighted by molar-refractivity contribution is 6.30. The number of carbonyl (C=O) groups is 1. The summed E-state index contributed by atoms with van der Waals surface area (Å²) in [5.41, 5.74) is 3.39. The summed E-state index contributed by atoms with van der Waals surface area (Å²) in [6.45, 7) is 4.78. The van der Waals surface area contributed by atoms with E-state index in [-0.39, 0.29) is 17.9 Å². The molecule has 130 valence electrons. The number of hydrogen-bond donors (Lipinski definition) is 0. The van der Waals surface area contributed by atoms with Gasteiger partial charge < -0.3 is 4.90 Å². The second-order valence-corrected chi connectivity index (χ2v) is 7.47. The molecule has 2 unspecified atom stereocenters. The zero-order chi connectivity index (χ0) is 17.4. The van der Waals surface area contributed by atoms with Crippen LogP contribution in [0.25, 0.3) is 0 Å². The maximum atomic E-state index is 13.2. The molecule has 0 aromatic heterocycles. The number of fused-ring (bicyclic) bond motifs is 1. The van der Waals surface area contributed by atoms with Crippen LogP contribution in [-0.2, 0) is 4.79 Å². The molecule has 4 rings (SSSR count). The van der Waals surface area contributed by atoms with Crippen molar-refractivity contribution in [3.8, 4) is 0 Å². The molecule has 2 aromatic rings. The maximum Gasteiger partial charge on any atom is 0.244 e. The normalized spacial score (nSPS) is 21.4. The topological polar surface area (TPSA) is 23.6 Å². The molecule has 1 saturated heterocycles. The Kier molecular flexibility index (Phi) is 4.53. The van der Waals surface area contributed by atoms with Crippen molar-refractivity contribution in [1.82, 2.24) is 4.90 Å². The molecule has 0 bridgehead atoms. The van der Waals surface area contributed by atoms with E-state index in [0.717, 1.165) is 29.4 Å². The van der Waals surface area contributed by atoms with Gasteiger partial charge in [-0.05, 0) is 62.2 Å². The lowest BCUT2D eigenvalue weighted by Gasteiger charge is -2.28. The fraction of sp³-hybridized carbons (Fsp3) is 0.381. The minimum atomic E-state index is -0.0689. The first-order chi connectivity index (χ1) is 12.1. The molecular formula is C21H23ClN2O. The van der Waals surface area contributed by atoms with E-state index in [1.807, 2.05) is 36.1 Å². The number of benzene rings is 2. The summed E-state index contributed by atoms with van der Waals surface area (Å²) in [6.07, 6.45) is 2.38. The average molecular weight is 355 g/mol. The maximum absolute atomic E-state index is 13.2. The van der Waals surface area contributed by atoms with Gasteiger partial charge in [-0.3, -0.25) is 9.69 Å². The Labute approximate surface area is 154 Å². The number of halogens is 1. The van der Waals surface area contributed by atoms with E-state index in [4.69, 9.17) is 11.6 Å². The molecule has 2 heterocycles. The van der Waals surface area contributed by atoms with E-state index in [1.54, 1.807) is 0 Å². The van der Waals surface area contributed by atoms with E-state index < -0.39 is 0 Å². The van der Waals surface area contributed by atoms with Crippen molar-refractivity contribution >= 4 is 23.2 Å². The van der Waals surface area contributed by atoms with Crippen molar-refractivity contribution in [2.24, 2.45) is 0 Å². The quantitative estimate of drug-likeness (QED) is 0.820. The fourth-order valence-corrected chi connectivity index (χ4v) is 4.30. The first-order valence-corrected chi connectivity index (χ1v) is 9.43. The molecule has 25 heavy (non-hydrogen) atoms. The Hall–Kier alpha value is -1.84. The molecule has 1 amide bonds. The molecule has 4 heteroatoms. The molecule has 0 N–H and O–H groups in total. The molecule has 1 fully saturated rings. The summed E-state index contributed by atoms with van der Waals surface area (Å²) in [4.78, 5) is 17.5. The Morgan fingerprint density at radius 1 is 1.12 bits per heavy atom. The van der Waals surface area contributed by atoms with Crippen molar-refractivity contribution in [3.63, 3.8) is 0 Å². The number of hydrogen-bond acceptors (Lipinski definition) is 2. The van der Waals surface area contributed by atoms with Crippen LogP contribution in [0.5, 0.6) is 0 Å². The van der Waals surface area contributed by atoms with Crippen LogP contribution in [0.3, 0.4) is 0 Å². The van der Waals surface area contributed by atoms with Crippen LogP contribution in [0.15, 0.2) is 48.5 Å². The Morgan fingerprint density at radius 3 is 2.56 bits per heavy atom. The lowest BCUT2D eigenvalue weighted by atomic mass is 9.93. The second kappa shape index (κ2) is 6.81. The number of anilines is 1. The van der Waals surface area contributed by atoms with Gasteiger partial charge in [0.2, 0.25) is 5.91 Å². The molecule has 3 nitrogen and oxygen atoms in total. The molecule has 0 spiro atoms. The summed E-state index contributed by atoms with van der Waals surface area (Å²) >= 11 is 6.26. The van der Waals surface area contributed by atoms with E-state index in [2.05, 4.69) is 29.2 Å². The standard InChI is InChI=1S/C21H23ClN2O/c1-15(23-11-5-6-12-23)21(25)24-14-19(16-7-3-2-4-8-16)18-13-17(22)9-10-20(18)24/h2-4,7-10,13,15,19H,5-6,11-12,14H2,1H3. The summed E-state index contributed by atoms with van der Waals surface area (Å²) in [5.74, 6) is 0.383. The summed E-state index contributed by atoms with van der Waals surface area (Å²) in [7, 11) is 0.